The van der Waals surface area contributed by atoms with Crippen LogP contribution in [0.15, 0.2) is 53.5 Å². The van der Waals surface area contributed by atoms with Gasteiger partial charge in [0.15, 0.2) is 5.84 Å². The number of benzene rings is 2. The van der Waals surface area contributed by atoms with Gasteiger partial charge in [-0.25, -0.2) is 10.4 Å². The second kappa shape index (κ2) is 10.4. The molecule has 140 valence electrons. The minimum atomic E-state index is -0.0205. The molecule has 0 aromatic heterocycles. The quantitative estimate of drug-likeness (QED) is 0.406. The molecule has 0 aliphatic rings. The van der Waals surface area contributed by atoms with Gasteiger partial charge < -0.3 is 19.3 Å². The van der Waals surface area contributed by atoms with E-state index in [9.17, 15) is 0 Å². The van der Waals surface area contributed by atoms with Crippen LogP contribution < -0.4 is 19.9 Å². The maximum Gasteiger partial charge on any atom is 0.152 e. The Morgan fingerprint density at radius 2 is 1.69 bits per heavy atom. The molecule has 2 rings (SSSR count). The molecule has 26 heavy (non-hydrogen) atoms. The summed E-state index contributed by atoms with van der Waals surface area (Å²) in [5.74, 6) is 2.17. The number of ether oxygens (including phenoxy) is 3. The Balaban J connectivity index is 2.31. The Morgan fingerprint density at radius 1 is 1.04 bits per heavy atom. The number of nitrogens with one attached hydrogen (secondary N) is 1. The van der Waals surface area contributed by atoms with E-state index in [1.54, 1.807) is 14.2 Å². The van der Waals surface area contributed by atoms with Crippen LogP contribution in [-0.4, -0.2) is 52.2 Å². The van der Waals surface area contributed by atoms with E-state index >= 15 is 0 Å². The van der Waals surface area contributed by atoms with Crippen molar-refractivity contribution in [3.63, 3.8) is 0 Å². The van der Waals surface area contributed by atoms with E-state index in [2.05, 4.69) is 10.4 Å². The van der Waals surface area contributed by atoms with Crippen molar-refractivity contribution in [2.24, 2.45) is 4.99 Å². The molecule has 7 nitrogen and oxygen atoms in total. The van der Waals surface area contributed by atoms with Gasteiger partial charge in [0, 0.05) is 19.7 Å². The lowest BCUT2D eigenvalue weighted by Gasteiger charge is -2.25. The number of methoxy groups -OCH3 is 2. The predicted molar refractivity (Wildman–Crippen MR) is 102 cm³/mol. The fourth-order valence-electron chi connectivity index (χ4n) is 2.37. The average molecular weight is 359 g/mol. The summed E-state index contributed by atoms with van der Waals surface area (Å²) in [4.78, 5) is 4.54. The number of hydrazine groups is 1. The van der Waals surface area contributed by atoms with Crippen LogP contribution in [0.4, 0.5) is 5.69 Å². The summed E-state index contributed by atoms with van der Waals surface area (Å²) in [6.45, 7) is 0.470. The monoisotopic (exact) mass is 359 g/mol. The van der Waals surface area contributed by atoms with Crippen LogP contribution in [0.2, 0.25) is 0 Å². The number of hydrogen-bond acceptors (Lipinski definition) is 6. The molecule has 2 aromatic rings. The molecule has 0 aliphatic heterocycles. The highest BCUT2D eigenvalue weighted by atomic mass is 16.5. The zero-order chi connectivity index (χ0) is 18.8. The Bertz CT molecular complexity index is 687. The summed E-state index contributed by atoms with van der Waals surface area (Å²) in [5, 5.41) is 10.7. The molecule has 2 aromatic carbocycles. The maximum atomic E-state index is 8.85. The molecule has 0 saturated heterocycles. The summed E-state index contributed by atoms with van der Waals surface area (Å²) in [6.07, 6.45) is 0. The first-order valence-corrected chi connectivity index (χ1v) is 8.22. The van der Waals surface area contributed by atoms with Crippen LogP contribution in [-0.2, 0) is 4.74 Å². The van der Waals surface area contributed by atoms with Crippen LogP contribution >= 0.6 is 0 Å². The molecule has 0 fully saturated rings. The molecule has 0 saturated carbocycles. The molecule has 2 N–H and O–H groups in total. The van der Waals surface area contributed by atoms with Crippen LogP contribution in [0.1, 0.15) is 5.56 Å². The third-order valence-corrected chi connectivity index (χ3v) is 3.58. The van der Waals surface area contributed by atoms with E-state index in [0.29, 0.717) is 11.6 Å². The van der Waals surface area contributed by atoms with Crippen LogP contribution in [0, 0.1) is 0 Å². The lowest BCUT2D eigenvalue weighted by atomic mass is 10.1. The van der Waals surface area contributed by atoms with Gasteiger partial charge in [-0.3, -0.25) is 5.01 Å². The minimum Gasteiger partial charge on any atom is -0.497 e. The van der Waals surface area contributed by atoms with E-state index in [1.165, 1.54) is 0 Å². The largest absolute Gasteiger partial charge is 0.497 e. The molecule has 0 heterocycles. The molecule has 0 aliphatic carbocycles. The lowest BCUT2D eigenvalue weighted by Crippen LogP contribution is -2.41. The van der Waals surface area contributed by atoms with Crippen molar-refractivity contribution in [1.29, 1.82) is 0 Å². The molecule has 0 amide bonds. The highest BCUT2D eigenvalue weighted by molar-refractivity contribution is 6.09. The first-order chi connectivity index (χ1) is 12.7. The number of hydrogen-bond donors (Lipinski definition) is 2. The zero-order valence-corrected chi connectivity index (χ0v) is 15.3. The summed E-state index contributed by atoms with van der Waals surface area (Å²) >= 11 is 0. The molecular formula is C19H25N3O4. The van der Waals surface area contributed by atoms with Gasteiger partial charge in [-0.1, -0.05) is 0 Å². The highest BCUT2D eigenvalue weighted by Gasteiger charge is 2.15. The highest BCUT2D eigenvalue weighted by Crippen LogP contribution is 2.21. The van der Waals surface area contributed by atoms with Gasteiger partial charge in [-0.15, -0.1) is 0 Å². The van der Waals surface area contributed by atoms with Crippen molar-refractivity contribution in [3.8, 4) is 11.5 Å². The third kappa shape index (κ3) is 5.19. The molecule has 0 unspecified atom stereocenters. The van der Waals surface area contributed by atoms with Crippen molar-refractivity contribution in [3.05, 3.63) is 54.1 Å². The van der Waals surface area contributed by atoms with Gasteiger partial charge in [0.25, 0.3) is 0 Å². The maximum absolute atomic E-state index is 8.85. The summed E-state index contributed by atoms with van der Waals surface area (Å²) in [6, 6.07) is 15.2. The topological polar surface area (TPSA) is 75.6 Å². The molecule has 0 radical (unpaired) electrons. The second-order valence-electron chi connectivity index (χ2n) is 5.25. The normalized spacial score (nSPS) is 11.3. The van der Waals surface area contributed by atoms with Crippen LogP contribution in [0.25, 0.3) is 0 Å². The van der Waals surface area contributed by atoms with E-state index in [0.717, 1.165) is 17.0 Å². The number of aliphatic hydroxyl groups is 1. The number of nitrogens with zero attached hydrogens (tertiary/aromatic N) is 2. The summed E-state index contributed by atoms with van der Waals surface area (Å²) in [5.41, 5.74) is 4.95. The van der Waals surface area contributed by atoms with Crippen LogP contribution in [0.5, 0.6) is 11.5 Å². The lowest BCUT2D eigenvalue weighted by molar-refractivity contribution is 0.201. The van der Waals surface area contributed by atoms with Gasteiger partial charge in [0.1, 0.15) is 24.8 Å². The molecule has 0 bridgehead atoms. The molecule has 0 atom stereocenters. The van der Waals surface area contributed by atoms with Crippen molar-refractivity contribution < 1.29 is 19.3 Å². The Hall–Kier alpha value is -2.61. The first-order valence-electron chi connectivity index (χ1n) is 8.22. The second-order valence-corrected chi connectivity index (χ2v) is 5.25. The van der Waals surface area contributed by atoms with Gasteiger partial charge >= 0.3 is 0 Å². The van der Waals surface area contributed by atoms with Crippen molar-refractivity contribution in [2.45, 2.75) is 0 Å². The Morgan fingerprint density at radius 3 is 2.23 bits per heavy atom. The Kier molecular flexibility index (Phi) is 7.88. The van der Waals surface area contributed by atoms with E-state index in [-0.39, 0.29) is 19.9 Å². The molecule has 0 spiro atoms. The Labute approximate surface area is 153 Å². The van der Waals surface area contributed by atoms with E-state index in [4.69, 9.17) is 19.3 Å². The number of amidine groups is 1. The zero-order valence-electron chi connectivity index (χ0n) is 15.3. The molecule has 7 heteroatoms. The van der Waals surface area contributed by atoms with Gasteiger partial charge in [-0.05, 0) is 48.5 Å². The summed E-state index contributed by atoms with van der Waals surface area (Å²) < 4.78 is 15.8. The predicted octanol–water partition coefficient (Wildman–Crippen LogP) is 2.06. The van der Waals surface area contributed by atoms with Gasteiger partial charge in [0.05, 0.1) is 19.4 Å². The average Bonchev–Trinajstić information content (AvgIpc) is 2.70. The number of anilines is 1. The number of aliphatic imine (C=N–C) groups is 1. The van der Waals surface area contributed by atoms with Gasteiger partial charge in [-0.2, -0.15) is 0 Å². The SMILES string of the molecule is CNN(/C(=N\COC)c1ccc(OCCO)cc1)c1ccc(OC)cc1. The smallest absolute Gasteiger partial charge is 0.152 e. The van der Waals surface area contributed by atoms with Crippen molar-refractivity contribution in [1.82, 2.24) is 5.43 Å². The third-order valence-electron chi connectivity index (χ3n) is 3.58. The van der Waals surface area contributed by atoms with E-state index < -0.39 is 0 Å². The van der Waals surface area contributed by atoms with Crippen LogP contribution in [0.3, 0.4) is 0 Å². The molecular weight excluding hydrogens is 334 g/mol. The number of aliphatic hydroxyl groups excluding tert-OH is 1. The summed E-state index contributed by atoms with van der Waals surface area (Å²) in [7, 11) is 5.06. The van der Waals surface area contributed by atoms with Gasteiger partial charge in [0.2, 0.25) is 0 Å². The van der Waals surface area contributed by atoms with Crippen molar-refractivity contribution in [2.75, 3.05) is 46.2 Å². The fraction of sp³-hybridized carbons (Fsp3) is 0.316. The fourth-order valence-corrected chi connectivity index (χ4v) is 2.37. The van der Waals surface area contributed by atoms with Crippen molar-refractivity contribution >= 4 is 11.5 Å². The standard InChI is InChI=1S/C19H25N3O4/c1-20-22(16-6-10-17(25-3)11-7-16)19(21-14-24-2)15-4-8-18(9-5-15)26-13-12-23/h4-11,20,23H,12-14H2,1-3H3/b21-19-. The number of rotatable bonds is 9. The minimum absolute atomic E-state index is 0.0205. The van der Waals surface area contributed by atoms with E-state index in [1.807, 2.05) is 60.6 Å². The first kappa shape index (κ1) is 19.7.